The lowest BCUT2D eigenvalue weighted by molar-refractivity contribution is -0.137. The highest BCUT2D eigenvalue weighted by atomic mass is 19.4. The van der Waals surface area contributed by atoms with Crippen LogP contribution in [0.2, 0.25) is 0 Å². The second kappa shape index (κ2) is 7.34. The van der Waals surface area contributed by atoms with Gasteiger partial charge in [-0.05, 0) is 30.2 Å². The van der Waals surface area contributed by atoms with Crippen molar-refractivity contribution in [2.45, 2.75) is 25.1 Å². The molecule has 10 heteroatoms. The standard InChI is InChI=1S/C19H19F3N6O/c1-27-17-3-2-12(6-16(17)25-26-27)7-18(29)24-14-4-5-28(11-14)15-8-13(9-23-10-15)19(20,21)22/h2-3,6,8-10,14H,4-5,7,11H2,1H3,(H,24,29). The van der Waals surface area contributed by atoms with Crippen molar-refractivity contribution in [2.24, 2.45) is 7.05 Å². The van der Waals surface area contributed by atoms with Gasteiger partial charge in [-0.15, -0.1) is 5.10 Å². The number of aromatic nitrogens is 4. The minimum absolute atomic E-state index is 0.128. The van der Waals surface area contributed by atoms with Crippen LogP contribution in [0.15, 0.2) is 36.7 Å². The van der Waals surface area contributed by atoms with Crippen LogP contribution in [-0.2, 0) is 24.4 Å². The molecule has 0 aliphatic carbocycles. The van der Waals surface area contributed by atoms with E-state index in [4.69, 9.17) is 0 Å². The zero-order valence-corrected chi connectivity index (χ0v) is 15.6. The second-order valence-corrected chi connectivity index (χ2v) is 7.14. The van der Waals surface area contributed by atoms with Crippen molar-refractivity contribution >= 4 is 22.6 Å². The number of pyridine rings is 1. The van der Waals surface area contributed by atoms with Gasteiger partial charge in [-0.2, -0.15) is 13.2 Å². The van der Waals surface area contributed by atoms with Crippen LogP contribution in [0.25, 0.3) is 11.0 Å². The average molecular weight is 404 g/mol. The molecule has 1 saturated heterocycles. The van der Waals surface area contributed by atoms with E-state index in [1.165, 1.54) is 6.20 Å². The molecule has 1 aromatic carbocycles. The smallest absolute Gasteiger partial charge is 0.368 e. The maximum Gasteiger partial charge on any atom is 0.417 e. The number of anilines is 1. The van der Waals surface area contributed by atoms with Crippen LogP contribution in [0.3, 0.4) is 0 Å². The Morgan fingerprint density at radius 2 is 2.10 bits per heavy atom. The predicted molar refractivity (Wildman–Crippen MR) is 100 cm³/mol. The molecule has 29 heavy (non-hydrogen) atoms. The molecule has 0 radical (unpaired) electrons. The van der Waals surface area contributed by atoms with Crippen molar-refractivity contribution in [1.29, 1.82) is 0 Å². The molecule has 1 aliphatic heterocycles. The maximum absolute atomic E-state index is 12.9. The summed E-state index contributed by atoms with van der Waals surface area (Å²) in [6.45, 7) is 0.997. The number of carbonyl (C=O) groups is 1. The number of benzene rings is 1. The van der Waals surface area contributed by atoms with Gasteiger partial charge in [0.2, 0.25) is 5.91 Å². The topological polar surface area (TPSA) is 75.9 Å². The van der Waals surface area contributed by atoms with E-state index in [0.717, 1.165) is 28.9 Å². The first-order chi connectivity index (χ1) is 13.8. The summed E-state index contributed by atoms with van der Waals surface area (Å²) in [5.41, 5.74) is 2.07. The number of nitrogens with one attached hydrogen (secondary N) is 1. The van der Waals surface area contributed by atoms with Crippen LogP contribution in [0, 0.1) is 0 Å². The Hall–Kier alpha value is -3.17. The van der Waals surface area contributed by atoms with Crippen LogP contribution < -0.4 is 10.2 Å². The number of aryl methyl sites for hydroxylation is 1. The fourth-order valence-electron chi connectivity index (χ4n) is 3.53. The van der Waals surface area contributed by atoms with Crippen molar-refractivity contribution in [3.05, 3.63) is 47.8 Å². The molecule has 4 rings (SSSR count). The second-order valence-electron chi connectivity index (χ2n) is 7.14. The summed E-state index contributed by atoms with van der Waals surface area (Å²) in [5.74, 6) is -0.137. The first-order valence-corrected chi connectivity index (χ1v) is 9.14. The summed E-state index contributed by atoms with van der Waals surface area (Å²) in [6, 6.07) is 6.53. The minimum atomic E-state index is -4.43. The van der Waals surface area contributed by atoms with E-state index in [1.54, 1.807) is 16.6 Å². The van der Waals surface area contributed by atoms with Crippen molar-refractivity contribution in [3.63, 3.8) is 0 Å². The van der Waals surface area contributed by atoms with Crippen LogP contribution >= 0.6 is 0 Å². The zero-order chi connectivity index (χ0) is 20.6. The predicted octanol–water partition coefficient (Wildman–Crippen LogP) is 2.32. The Balaban J connectivity index is 1.36. The molecule has 152 valence electrons. The number of fused-ring (bicyclic) bond motifs is 1. The van der Waals surface area contributed by atoms with E-state index >= 15 is 0 Å². The molecule has 1 amide bonds. The van der Waals surface area contributed by atoms with Gasteiger partial charge in [-0.3, -0.25) is 9.78 Å². The Morgan fingerprint density at radius 3 is 2.90 bits per heavy atom. The van der Waals surface area contributed by atoms with Gasteiger partial charge < -0.3 is 10.2 Å². The number of amides is 1. The summed E-state index contributed by atoms with van der Waals surface area (Å²) < 4.78 is 40.3. The highest BCUT2D eigenvalue weighted by molar-refractivity contribution is 5.81. The van der Waals surface area contributed by atoms with Gasteiger partial charge in [-0.25, -0.2) is 4.68 Å². The van der Waals surface area contributed by atoms with Crippen LogP contribution in [0.1, 0.15) is 17.5 Å². The van der Waals surface area contributed by atoms with Crippen molar-refractivity contribution in [2.75, 3.05) is 18.0 Å². The third-order valence-corrected chi connectivity index (χ3v) is 5.01. The highest BCUT2D eigenvalue weighted by Crippen LogP contribution is 2.31. The molecule has 1 fully saturated rings. The van der Waals surface area contributed by atoms with Gasteiger partial charge in [0.25, 0.3) is 0 Å². The quantitative estimate of drug-likeness (QED) is 0.722. The SMILES string of the molecule is Cn1nnc2cc(CC(=O)NC3CCN(c4cncc(C(F)(F)F)c4)C3)ccc21. The highest BCUT2D eigenvalue weighted by Gasteiger charge is 2.32. The monoisotopic (exact) mass is 404 g/mol. The molecular formula is C19H19F3N6O. The molecule has 1 atom stereocenters. The molecule has 7 nitrogen and oxygen atoms in total. The summed E-state index contributed by atoms with van der Waals surface area (Å²) in [6.07, 6.45) is -1.35. The van der Waals surface area contributed by atoms with E-state index < -0.39 is 11.7 Å². The summed E-state index contributed by atoms with van der Waals surface area (Å²) >= 11 is 0. The lowest BCUT2D eigenvalue weighted by Gasteiger charge is -2.20. The molecular weight excluding hydrogens is 385 g/mol. The van der Waals surface area contributed by atoms with Gasteiger partial charge >= 0.3 is 6.18 Å². The summed E-state index contributed by atoms with van der Waals surface area (Å²) in [7, 11) is 1.80. The number of rotatable bonds is 4. The maximum atomic E-state index is 12.9. The number of carbonyl (C=O) groups excluding carboxylic acids is 1. The van der Waals surface area contributed by atoms with Gasteiger partial charge in [0.15, 0.2) is 0 Å². The van der Waals surface area contributed by atoms with E-state index in [1.807, 2.05) is 18.2 Å². The van der Waals surface area contributed by atoms with Crippen molar-refractivity contribution in [3.8, 4) is 0 Å². The van der Waals surface area contributed by atoms with Crippen molar-refractivity contribution < 1.29 is 18.0 Å². The Kier molecular flexibility index (Phi) is 4.85. The summed E-state index contributed by atoms with van der Waals surface area (Å²) in [4.78, 5) is 17.9. The third kappa shape index (κ3) is 4.15. The Bertz CT molecular complexity index is 1050. The largest absolute Gasteiger partial charge is 0.417 e. The molecule has 0 saturated carbocycles. The minimum Gasteiger partial charge on any atom is -0.368 e. The fourth-order valence-corrected chi connectivity index (χ4v) is 3.53. The van der Waals surface area contributed by atoms with Gasteiger partial charge in [-0.1, -0.05) is 11.3 Å². The first kappa shape index (κ1) is 19.2. The van der Waals surface area contributed by atoms with Crippen molar-refractivity contribution in [1.82, 2.24) is 25.3 Å². The number of halogens is 3. The molecule has 0 spiro atoms. The van der Waals surface area contributed by atoms with Gasteiger partial charge in [0.1, 0.15) is 5.52 Å². The average Bonchev–Trinajstić information content (AvgIpc) is 3.28. The summed E-state index contributed by atoms with van der Waals surface area (Å²) in [5, 5.41) is 10.9. The number of nitrogens with zero attached hydrogens (tertiary/aromatic N) is 5. The van der Waals surface area contributed by atoms with Crippen LogP contribution in [-0.4, -0.2) is 45.0 Å². The van der Waals surface area contributed by atoms with Crippen LogP contribution in [0.5, 0.6) is 0 Å². The molecule has 3 heterocycles. The van der Waals surface area contributed by atoms with E-state index in [-0.39, 0.29) is 18.4 Å². The molecule has 1 aliphatic rings. The Labute approximate surface area is 164 Å². The first-order valence-electron chi connectivity index (χ1n) is 9.14. The third-order valence-electron chi connectivity index (χ3n) is 5.01. The van der Waals surface area contributed by atoms with E-state index in [0.29, 0.717) is 25.2 Å². The number of hydrogen-bond acceptors (Lipinski definition) is 5. The molecule has 1 N–H and O–H groups in total. The molecule has 2 aromatic heterocycles. The van der Waals surface area contributed by atoms with E-state index in [9.17, 15) is 18.0 Å². The normalized spacial score (nSPS) is 17.1. The molecule has 0 bridgehead atoms. The lowest BCUT2D eigenvalue weighted by Crippen LogP contribution is -2.38. The van der Waals surface area contributed by atoms with Gasteiger partial charge in [0.05, 0.1) is 29.4 Å². The zero-order valence-electron chi connectivity index (χ0n) is 15.6. The van der Waals surface area contributed by atoms with Gasteiger partial charge in [0, 0.05) is 32.4 Å². The number of alkyl halides is 3. The number of hydrogen-bond donors (Lipinski definition) is 1. The van der Waals surface area contributed by atoms with E-state index in [2.05, 4.69) is 20.6 Å². The lowest BCUT2D eigenvalue weighted by atomic mass is 10.1. The Morgan fingerprint density at radius 1 is 1.28 bits per heavy atom. The fraction of sp³-hybridized carbons (Fsp3) is 0.368. The molecule has 1 unspecified atom stereocenters. The molecule has 3 aromatic rings. The van der Waals surface area contributed by atoms with Crippen LogP contribution in [0.4, 0.5) is 18.9 Å².